The fourth-order valence-electron chi connectivity index (χ4n) is 4.71. The van der Waals surface area contributed by atoms with Gasteiger partial charge in [0.15, 0.2) is 0 Å². The Balaban J connectivity index is 1.94. The topological polar surface area (TPSA) is 41.8 Å². The van der Waals surface area contributed by atoms with Crippen molar-refractivity contribution in [1.82, 2.24) is 0 Å². The monoisotopic (exact) mass is 501 g/mol. The summed E-state index contributed by atoms with van der Waals surface area (Å²) in [6.07, 6.45) is 31.5. The molecule has 0 unspecified atom stereocenters. The summed E-state index contributed by atoms with van der Waals surface area (Å²) in [7, 11) is 0. The number of aromatic hydroxyl groups is 1. The highest BCUT2D eigenvalue weighted by Crippen LogP contribution is 2.23. The van der Waals surface area contributed by atoms with E-state index in [0.717, 1.165) is 37.3 Å². The zero-order chi connectivity index (χ0) is 25.9. The van der Waals surface area contributed by atoms with E-state index in [1.165, 1.54) is 128 Å². The van der Waals surface area contributed by atoms with Crippen molar-refractivity contribution >= 4 is 6.21 Å². The minimum atomic E-state index is 0.256. The Labute approximate surface area is 224 Å². The Morgan fingerprint density at radius 2 is 1.06 bits per heavy atom. The van der Waals surface area contributed by atoms with Gasteiger partial charge in [-0.2, -0.15) is 0 Å². The molecule has 0 heterocycles. The van der Waals surface area contributed by atoms with Crippen LogP contribution >= 0.6 is 0 Å². The van der Waals surface area contributed by atoms with Gasteiger partial charge in [-0.25, -0.2) is 0 Å². The third-order valence-electron chi connectivity index (χ3n) is 7.14. The zero-order valence-electron chi connectivity index (χ0n) is 24.1. The van der Waals surface area contributed by atoms with Crippen LogP contribution in [0.25, 0.3) is 0 Å². The van der Waals surface area contributed by atoms with E-state index in [2.05, 4.69) is 18.8 Å². The van der Waals surface area contributed by atoms with Crippen LogP contribution in [0, 0.1) is 0 Å². The van der Waals surface area contributed by atoms with Gasteiger partial charge in [-0.3, -0.25) is 4.99 Å². The Hall–Kier alpha value is -1.51. The van der Waals surface area contributed by atoms with Crippen LogP contribution in [-0.4, -0.2) is 24.5 Å². The molecule has 0 aromatic heterocycles. The summed E-state index contributed by atoms with van der Waals surface area (Å²) < 4.78 is 5.79. The second-order valence-electron chi connectivity index (χ2n) is 10.7. The predicted molar refractivity (Wildman–Crippen MR) is 159 cm³/mol. The fourth-order valence-corrected chi connectivity index (χ4v) is 4.71. The maximum Gasteiger partial charge on any atom is 0.128 e. The number of phenolic OH excluding ortho intramolecular Hbond substituents is 1. The quantitative estimate of drug-likeness (QED) is 0.101. The first-order valence-electron chi connectivity index (χ1n) is 15.7. The van der Waals surface area contributed by atoms with E-state index in [1.807, 2.05) is 12.1 Å². The van der Waals surface area contributed by atoms with Crippen molar-refractivity contribution in [3.05, 3.63) is 23.8 Å². The highest BCUT2D eigenvalue weighted by molar-refractivity contribution is 5.83. The standard InChI is InChI=1S/C33H59NO2/c1-3-5-7-9-11-12-13-14-15-16-17-18-19-20-21-23-27-34-30-31-25-26-32(29-33(31)35)36-28-24-22-10-8-6-4-2/h25-26,29-30,35H,3-24,27-28H2,1-2H3. The van der Waals surface area contributed by atoms with Crippen molar-refractivity contribution in [2.24, 2.45) is 4.99 Å². The molecule has 0 saturated carbocycles. The molecule has 0 aliphatic rings. The van der Waals surface area contributed by atoms with Crippen LogP contribution in [0.4, 0.5) is 0 Å². The number of hydrogen-bond donors (Lipinski definition) is 1. The van der Waals surface area contributed by atoms with Crippen LogP contribution in [0.3, 0.4) is 0 Å². The first-order valence-corrected chi connectivity index (χ1v) is 15.7. The van der Waals surface area contributed by atoms with Gasteiger partial charge in [-0.05, 0) is 25.0 Å². The van der Waals surface area contributed by atoms with Crippen LogP contribution in [0.15, 0.2) is 23.2 Å². The lowest BCUT2D eigenvalue weighted by Crippen LogP contribution is -1.97. The third kappa shape index (κ3) is 19.7. The molecule has 0 amide bonds. The van der Waals surface area contributed by atoms with Gasteiger partial charge in [0.25, 0.3) is 0 Å². The van der Waals surface area contributed by atoms with Gasteiger partial charge in [-0.15, -0.1) is 0 Å². The van der Waals surface area contributed by atoms with E-state index < -0.39 is 0 Å². The molecule has 1 aromatic rings. The number of unbranched alkanes of at least 4 members (excludes halogenated alkanes) is 20. The molecule has 0 spiro atoms. The predicted octanol–water partition coefficient (Wildman–Crippen LogP) is 10.8. The molecule has 0 fully saturated rings. The molecular formula is C33H59NO2. The molecule has 0 atom stereocenters. The van der Waals surface area contributed by atoms with Crippen LogP contribution in [0.5, 0.6) is 11.5 Å². The molecule has 208 valence electrons. The number of rotatable bonds is 26. The van der Waals surface area contributed by atoms with Gasteiger partial charge in [0.1, 0.15) is 11.5 Å². The number of phenols is 1. The van der Waals surface area contributed by atoms with Crippen molar-refractivity contribution in [3.8, 4) is 11.5 Å². The van der Waals surface area contributed by atoms with Crippen molar-refractivity contribution in [2.45, 2.75) is 155 Å². The van der Waals surface area contributed by atoms with Gasteiger partial charge >= 0.3 is 0 Å². The minimum Gasteiger partial charge on any atom is -0.507 e. The number of ether oxygens (including phenoxy) is 1. The first kappa shape index (κ1) is 32.5. The molecule has 1 N–H and O–H groups in total. The highest BCUT2D eigenvalue weighted by atomic mass is 16.5. The average molecular weight is 502 g/mol. The molecule has 1 rings (SSSR count). The first-order chi connectivity index (χ1) is 17.8. The van der Waals surface area contributed by atoms with Gasteiger partial charge in [-0.1, -0.05) is 142 Å². The maximum absolute atomic E-state index is 10.3. The van der Waals surface area contributed by atoms with Crippen LogP contribution in [0.1, 0.15) is 161 Å². The molecule has 3 nitrogen and oxygen atoms in total. The van der Waals surface area contributed by atoms with E-state index in [0.29, 0.717) is 0 Å². The normalized spacial score (nSPS) is 11.5. The molecule has 0 bridgehead atoms. The van der Waals surface area contributed by atoms with Gasteiger partial charge < -0.3 is 9.84 Å². The van der Waals surface area contributed by atoms with E-state index in [9.17, 15) is 5.11 Å². The molecule has 1 aromatic carbocycles. The van der Waals surface area contributed by atoms with E-state index >= 15 is 0 Å². The van der Waals surface area contributed by atoms with Crippen molar-refractivity contribution < 1.29 is 9.84 Å². The SMILES string of the molecule is CCCCCCCCCCCCCCCCCCN=Cc1ccc(OCCCCCCCC)cc1O. The lowest BCUT2D eigenvalue weighted by Gasteiger charge is -2.07. The van der Waals surface area contributed by atoms with E-state index in [1.54, 1.807) is 12.3 Å². The molecule has 0 aliphatic heterocycles. The fraction of sp³-hybridized carbons (Fsp3) is 0.788. The zero-order valence-corrected chi connectivity index (χ0v) is 24.1. The number of nitrogens with zero attached hydrogens (tertiary/aromatic N) is 1. The van der Waals surface area contributed by atoms with Gasteiger partial charge in [0.2, 0.25) is 0 Å². The average Bonchev–Trinajstić information content (AvgIpc) is 2.88. The van der Waals surface area contributed by atoms with Crippen molar-refractivity contribution in [2.75, 3.05) is 13.2 Å². The molecular weight excluding hydrogens is 442 g/mol. The molecule has 0 radical (unpaired) electrons. The number of aliphatic imine (C=N–C) groups is 1. The second-order valence-corrected chi connectivity index (χ2v) is 10.7. The van der Waals surface area contributed by atoms with Crippen molar-refractivity contribution in [3.63, 3.8) is 0 Å². The smallest absolute Gasteiger partial charge is 0.128 e. The Morgan fingerprint density at radius 1 is 0.611 bits per heavy atom. The third-order valence-corrected chi connectivity index (χ3v) is 7.14. The summed E-state index contributed by atoms with van der Waals surface area (Å²) in [5, 5.41) is 10.3. The van der Waals surface area contributed by atoms with Crippen LogP contribution in [-0.2, 0) is 0 Å². The highest BCUT2D eigenvalue weighted by Gasteiger charge is 2.02. The Morgan fingerprint density at radius 3 is 1.53 bits per heavy atom. The summed E-state index contributed by atoms with van der Waals surface area (Å²) in [6, 6.07) is 5.56. The molecule has 3 heteroatoms. The van der Waals surface area contributed by atoms with Gasteiger partial charge in [0.05, 0.1) is 6.61 Å². The van der Waals surface area contributed by atoms with Crippen LogP contribution < -0.4 is 4.74 Å². The van der Waals surface area contributed by atoms with Gasteiger partial charge in [0, 0.05) is 24.4 Å². The summed E-state index contributed by atoms with van der Waals surface area (Å²) >= 11 is 0. The molecule has 0 saturated heterocycles. The summed E-state index contributed by atoms with van der Waals surface area (Å²) in [6.45, 7) is 6.09. The molecule has 36 heavy (non-hydrogen) atoms. The maximum atomic E-state index is 10.3. The Kier molecular flexibility index (Phi) is 22.7. The summed E-state index contributed by atoms with van der Waals surface area (Å²) in [5.41, 5.74) is 0.776. The number of hydrogen-bond acceptors (Lipinski definition) is 3. The Bertz CT molecular complexity index is 628. The lowest BCUT2D eigenvalue weighted by molar-refractivity contribution is 0.302. The second kappa shape index (κ2) is 25.2. The van der Waals surface area contributed by atoms with E-state index in [4.69, 9.17) is 4.74 Å². The summed E-state index contributed by atoms with van der Waals surface area (Å²) in [5.74, 6) is 1.00. The minimum absolute atomic E-state index is 0.256. The number of benzene rings is 1. The largest absolute Gasteiger partial charge is 0.507 e. The molecule has 0 aliphatic carbocycles. The van der Waals surface area contributed by atoms with Crippen molar-refractivity contribution in [1.29, 1.82) is 0 Å². The van der Waals surface area contributed by atoms with E-state index in [-0.39, 0.29) is 5.75 Å². The van der Waals surface area contributed by atoms with Crippen LogP contribution in [0.2, 0.25) is 0 Å². The summed E-state index contributed by atoms with van der Waals surface area (Å²) in [4.78, 5) is 4.52. The lowest BCUT2D eigenvalue weighted by atomic mass is 10.0.